The normalized spacial score (nSPS) is 16.8. The van der Waals surface area contributed by atoms with Crippen LogP contribution in [0, 0.1) is 0 Å². The quantitative estimate of drug-likeness (QED) is 0.442. The van der Waals surface area contributed by atoms with Crippen molar-refractivity contribution in [3.05, 3.63) is 60.1 Å². The van der Waals surface area contributed by atoms with Crippen LogP contribution in [0.25, 0.3) is 6.08 Å². The van der Waals surface area contributed by atoms with E-state index in [1.54, 1.807) is 30.3 Å². The van der Waals surface area contributed by atoms with Crippen LogP contribution in [0.4, 0.5) is 0 Å². The van der Waals surface area contributed by atoms with Gasteiger partial charge in [-0.3, -0.25) is 4.79 Å². The first-order valence-corrected chi connectivity index (χ1v) is 12.5. The van der Waals surface area contributed by atoms with Gasteiger partial charge in [0.25, 0.3) is 0 Å². The van der Waals surface area contributed by atoms with Crippen molar-refractivity contribution in [3.8, 4) is 0 Å². The molecule has 2 N–H and O–H groups in total. The van der Waals surface area contributed by atoms with E-state index in [0.717, 1.165) is 18.4 Å². The first-order chi connectivity index (χ1) is 15.3. The molecule has 0 bridgehead atoms. The lowest BCUT2D eigenvalue weighted by Crippen LogP contribution is -2.52. The van der Waals surface area contributed by atoms with E-state index in [9.17, 15) is 13.2 Å². The minimum atomic E-state index is -3.64. The summed E-state index contributed by atoms with van der Waals surface area (Å²) in [5, 5.41) is 3.06. The molecule has 3 rings (SSSR count). The lowest BCUT2D eigenvalue weighted by Gasteiger charge is -2.39. The topological polar surface area (TPSA) is 91.7 Å². The second-order valence-electron chi connectivity index (χ2n) is 8.56. The predicted molar refractivity (Wildman–Crippen MR) is 125 cm³/mol. The van der Waals surface area contributed by atoms with E-state index in [0.29, 0.717) is 12.3 Å². The Morgan fingerprint density at radius 3 is 2.38 bits per heavy atom. The van der Waals surface area contributed by atoms with Crippen LogP contribution in [0.15, 0.2) is 58.1 Å². The number of carbonyl (C=O) groups is 1. The van der Waals surface area contributed by atoms with Crippen molar-refractivity contribution in [3.63, 3.8) is 0 Å². The van der Waals surface area contributed by atoms with Crippen molar-refractivity contribution in [2.24, 2.45) is 0 Å². The number of hydrogen-bond acceptors (Lipinski definition) is 5. The van der Waals surface area contributed by atoms with Crippen molar-refractivity contribution >= 4 is 22.0 Å². The first kappa shape index (κ1) is 24.2. The number of nitrogens with zero attached hydrogens (tertiary/aromatic N) is 1. The highest BCUT2D eigenvalue weighted by Gasteiger charge is 2.33. The summed E-state index contributed by atoms with van der Waals surface area (Å²) < 4.78 is 32.5. The van der Waals surface area contributed by atoms with Crippen molar-refractivity contribution in [2.75, 3.05) is 20.6 Å². The van der Waals surface area contributed by atoms with Gasteiger partial charge in [-0.2, -0.15) is 0 Å². The Labute approximate surface area is 190 Å². The number of carbonyl (C=O) groups excluding carboxylic acids is 1. The van der Waals surface area contributed by atoms with E-state index in [2.05, 4.69) is 29.0 Å². The highest BCUT2D eigenvalue weighted by atomic mass is 32.2. The number of likely N-dealkylation sites (N-methyl/N-ethyl adjacent to an activating group) is 1. The van der Waals surface area contributed by atoms with Crippen LogP contribution in [0.3, 0.4) is 0 Å². The van der Waals surface area contributed by atoms with E-state index < -0.39 is 10.0 Å². The number of furan rings is 1. The smallest absolute Gasteiger partial charge is 0.244 e. The molecule has 0 radical (unpaired) electrons. The molecule has 32 heavy (non-hydrogen) atoms. The molecule has 0 saturated heterocycles. The largest absolute Gasteiger partial charge is 0.468 e. The van der Waals surface area contributed by atoms with Gasteiger partial charge in [0.15, 0.2) is 0 Å². The van der Waals surface area contributed by atoms with Crippen LogP contribution in [0.5, 0.6) is 0 Å². The zero-order chi connectivity index (χ0) is 23.0. The van der Waals surface area contributed by atoms with Crippen molar-refractivity contribution in [1.82, 2.24) is 14.9 Å². The Hall–Kier alpha value is -2.42. The van der Waals surface area contributed by atoms with Gasteiger partial charge in [0.05, 0.1) is 17.7 Å². The highest BCUT2D eigenvalue weighted by molar-refractivity contribution is 7.89. The summed E-state index contributed by atoms with van der Waals surface area (Å²) >= 11 is 0. The van der Waals surface area contributed by atoms with Crippen LogP contribution in [0.1, 0.15) is 49.8 Å². The van der Waals surface area contributed by atoms with Gasteiger partial charge < -0.3 is 14.6 Å². The molecule has 2 aromatic rings. The molecule has 1 fully saturated rings. The number of benzene rings is 1. The average molecular weight is 460 g/mol. The summed E-state index contributed by atoms with van der Waals surface area (Å²) in [4.78, 5) is 14.8. The third-order valence-corrected chi connectivity index (χ3v) is 7.63. The van der Waals surface area contributed by atoms with Gasteiger partial charge in [-0.15, -0.1) is 0 Å². The molecule has 1 saturated carbocycles. The van der Waals surface area contributed by atoms with Gasteiger partial charge in [-0.25, -0.2) is 13.1 Å². The molecule has 1 aromatic carbocycles. The van der Waals surface area contributed by atoms with Crippen molar-refractivity contribution in [2.45, 2.75) is 55.5 Å². The zero-order valence-corrected chi connectivity index (χ0v) is 19.7. The maximum Gasteiger partial charge on any atom is 0.244 e. The lowest BCUT2D eigenvalue weighted by atomic mass is 9.88. The summed E-state index contributed by atoms with van der Waals surface area (Å²) in [5.41, 5.74) is 0.764. The fourth-order valence-electron chi connectivity index (χ4n) is 4.07. The molecule has 1 aliphatic carbocycles. The van der Waals surface area contributed by atoms with Gasteiger partial charge in [-0.1, -0.05) is 37.8 Å². The summed E-state index contributed by atoms with van der Waals surface area (Å²) in [5.74, 6) is 0.395. The standard InChI is InChI=1S/C24H33N3O4S/c1-27(2)24(15-5-3-4-6-16-24)19-25-23(28)14-11-20-9-12-22(13-10-20)32(29,30)26-18-21-8-7-17-31-21/h7-14,17,26H,3-6,15-16,18-19H2,1-2H3,(H,25,28)/b14-11+. The molecule has 0 atom stereocenters. The predicted octanol–water partition coefficient (Wildman–Crippen LogP) is 3.54. The number of rotatable bonds is 9. The Balaban J connectivity index is 1.55. The third-order valence-electron chi connectivity index (χ3n) is 6.21. The van der Waals surface area contributed by atoms with Gasteiger partial charge in [0, 0.05) is 18.2 Å². The van der Waals surface area contributed by atoms with Gasteiger partial charge in [0.1, 0.15) is 5.76 Å². The summed E-state index contributed by atoms with van der Waals surface area (Å²) in [7, 11) is 0.538. The van der Waals surface area contributed by atoms with E-state index in [4.69, 9.17) is 4.42 Å². The highest BCUT2D eigenvalue weighted by Crippen LogP contribution is 2.30. The molecule has 0 spiro atoms. The van der Waals surface area contributed by atoms with E-state index in [-0.39, 0.29) is 22.9 Å². The summed E-state index contributed by atoms with van der Waals surface area (Å²) in [6, 6.07) is 9.81. The van der Waals surface area contributed by atoms with Crippen LogP contribution in [0.2, 0.25) is 0 Å². The van der Waals surface area contributed by atoms with E-state index in [1.807, 2.05) is 0 Å². The molecule has 0 unspecified atom stereocenters. The molecular weight excluding hydrogens is 426 g/mol. The number of sulfonamides is 1. The Bertz CT molecular complexity index is 988. The van der Waals surface area contributed by atoms with E-state index in [1.165, 1.54) is 50.2 Å². The lowest BCUT2D eigenvalue weighted by molar-refractivity contribution is -0.117. The second kappa shape index (κ2) is 10.9. The molecular formula is C24H33N3O4S. The Kier molecular flexibility index (Phi) is 8.28. The summed E-state index contributed by atoms with van der Waals surface area (Å²) in [6.45, 7) is 0.716. The number of amides is 1. The second-order valence-corrected chi connectivity index (χ2v) is 10.3. The fourth-order valence-corrected chi connectivity index (χ4v) is 5.07. The van der Waals surface area contributed by atoms with Crippen LogP contribution in [-0.2, 0) is 21.4 Å². The van der Waals surface area contributed by atoms with Gasteiger partial charge >= 0.3 is 0 Å². The van der Waals surface area contributed by atoms with Gasteiger partial charge in [-0.05, 0) is 62.8 Å². The minimum absolute atomic E-state index is 0.0126. The molecule has 1 aromatic heterocycles. The number of hydrogen-bond donors (Lipinski definition) is 2. The fraction of sp³-hybridized carbons (Fsp3) is 0.458. The van der Waals surface area contributed by atoms with E-state index >= 15 is 0 Å². The molecule has 7 nitrogen and oxygen atoms in total. The third kappa shape index (κ3) is 6.54. The van der Waals surface area contributed by atoms with Crippen LogP contribution >= 0.6 is 0 Å². The van der Waals surface area contributed by atoms with Crippen molar-refractivity contribution in [1.29, 1.82) is 0 Å². The number of nitrogens with one attached hydrogen (secondary N) is 2. The zero-order valence-electron chi connectivity index (χ0n) is 18.8. The van der Waals surface area contributed by atoms with Crippen molar-refractivity contribution < 1.29 is 17.6 Å². The maximum absolute atomic E-state index is 12.4. The van der Waals surface area contributed by atoms with Crippen LogP contribution < -0.4 is 10.0 Å². The Morgan fingerprint density at radius 1 is 1.09 bits per heavy atom. The minimum Gasteiger partial charge on any atom is -0.468 e. The molecule has 174 valence electrons. The monoisotopic (exact) mass is 459 g/mol. The summed E-state index contributed by atoms with van der Waals surface area (Å²) in [6.07, 6.45) is 11.8. The van der Waals surface area contributed by atoms with Crippen LogP contribution in [-0.4, -0.2) is 45.4 Å². The Morgan fingerprint density at radius 2 is 1.78 bits per heavy atom. The molecule has 1 amide bonds. The molecule has 1 heterocycles. The molecule has 0 aliphatic heterocycles. The average Bonchev–Trinajstić information content (AvgIpc) is 3.19. The maximum atomic E-state index is 12.4. The molecule has 1 aliphatic rings. The first-order valence-electron chi connectivity index (χ1n) is 11.1. The SMILES string of the molecule is CN(C)C1(CNC(=O)/C=C/c2ccc(S(=O)(=O)NCc3ccco3)cc2)CCCCCC1. The van der Waals surface area contributed by atoms with Gasteiger partial charge in [0.2, 0.25) is 15.9 Å². The molecule has 8 heteroatoms.